The maximum atomic E-state index is 11.9. The molecule has 1 fully saturated rings. The van der Waals surface area contributed by atoms with Crippen molar-refractivity contribution in [3.05, 3.63) is 12.0 Å². The highest BCUT2D eigenvalue weighted by molar-refractivity contribution is 7.66. The number of nitrogens with one attached hydrogen (secondary N) is 1. The summed E-state index contributed by atoms with van der Waals surface area (Å²) in [5.74, 6) is 0.343. The van der Waals surface area contributed by atoms with Gasteiger partial charge in [0.25, 0.3) is 0 Å². The summed E-state index contributed by atoms with van der Waals surface area (Å²) in [6, 6.07) is 0. The molecule has 2 aliphatic heterocycles. The van der Waals surface area contributed by atoms with Crippen LogP contribution < -0.4 is 11.1 Å². The molecule has 0 radical (unpaired) electrons. The Balaban J connectivity index is 0.000000745. The lowest BCUT2D eigenvalue weighted by Crippen LogP contribution is -2.28. The van der Waals surface area contributed by atoms with Gasteiger partial charge < -0.3 is 50.0 Å². The first-order valence-electron chi connectivity index (χ1n) is 11.8. The van der Waals surface area contributed by atoms with Crippen LogP contribution in [0.1, 0.15) is 45.3 Å². The first-order chi connectivity index (χ1) is 18.8. The predicted octanol–water partition coefficient (Wildman–Crippen LogP) is 0.751. The second-order valence-corrected chi connectivity index (χ2v) is 13.9. The third-order valence-electron chi connectivity index (χ3n) is 5.46. The van der Waals surface area contributed by atoms with Crippen molar-refractivity contribution in [3.63, 3.8) is 0 Å². The van der Waals surface area contributed by atoms with Crippen LogP contribution in [-0.2, 0) is 40.7 Å². The van der Waals surface area contributed by atoms with Crippen molar-refractivity contribution in [2.24, 2.45) is 10.7 Å². The molecule has 3 unspecified atom stereocenters. The minimum absolute atomic E-state index is 0.230. The Bertz CT molecular complexity index is 1230. The van der Waals surface area contributed by atoms with E-state index < -0.39 is 62.5 Å². The van der Waals surface area contributed by atoms with Crippen LogP contribution in [0.2, 0.25) is 0 Å². The fourth-order valence-electron chi connectivity index (χ4n) is 3.66. The van der Waals surface area contributed by atoms with E-state index in [1.54, 1.807) is 0 Å². The van der Waals surface area contributed by atoms with Crippen LogP contribution in [0.5, 0.6) is 0 Å². The molecule has 6 atom stereocenters. The average molecular weight is 674 g/mol. The number of aromatic nitrogens is 2. The smallest absolute Gasteiger partial charge is 0.349 e. The van der Waals surface area contributed by atoms with Crippen LogP contribution in [0.4, 0.5) is 5.82 Å². The number of hydrogen-bond donors (Lipinski definition) is 8. The minimum Gasteiger partial charge on any atom is -0.349 e. The van der Waals surface area contributed by atoms with Crippen molar-refractivity contribution in [2.45, 2.75) is 51.8 Å². The highest BCUT2D eigenvalue weighted by Gasteiger charge is 2.45. The monoisotopic (exact) mass is 674 g/mol. The Morgan fingerprint density at radius 2 is 1.63 bits per heavy atom. The van der Waals surface area contributed by atoms with E-state index in [0.29, 0.717) is 11.5 Å². The molecule has 2 aliphatic rings. The molecule has 0 aliphatic carbocycles. The first kappa shape index (κ1) is 36.3. The summed E-state index contributed by atoms with van der Waals surface area (Å²) in [6.07, 6.45) is -2.33. The third kappa shape index (κ3) is 11.9. The number of ether oxygens (including phenoxy) is 1. The molecule has 0 spiro atoms. The molecule has 9 N–H and O–H groups in total. The number of phosphoric ester groups is 2. The zero-order chi connectivity index (χ0) is 31.2. The lowest BCUT2D eigenvalue weighted by Gasteiger charge is -2.21. The second-order valence-electron chi connectivity index (χ2n) is 8.26. The summed E-state index contributed by atoms with van der Waals surface area (Å²) in [7, 11) is -21.9. The average Bonchev–Trinajstić information content (AvgIpc) is 3.40. The van der Waals surface area contributed by atoms with Crippen LogP contribution in [-0.4, -0.2) is 88.6 Å². The van der Waals surface area contributed by atoms with Crippen molar-refractivity contribution in [1.82, 2.24) is 14.5 Å². The predicted molar refractivity (Wildman–Crippen MR) is 140 cm³/mol. The Hall–Kier alpha value is -0.920. The molecule has 0 aromatic carbocycles. The Morgan fingerprint density at radius 1 is 1.02 bits per heavy atom. The van der Waals surface area contributed by atoms with E-state index in [1.807, 2.05) is 0 Å². The van der Waals surface area contributed by atoms with Gasteiger partial charge in [-0.1, -0.05) is 20.8 Å². The third-order valence-corrected chi connectivity index (χ3v) is 9.81. The van der Waals surface area contributed by atoms with E-state index in [9.17, 15) is 28.0 Å². The molecule has 0 bridgehead atoms. The number of anilines is 1. The van der Waals surface area contributed by atoms with Crippen LogP contribution >= 0.6 is 31.3 Å². The summed E-state index contributed by atoms with van der Waals surface area (Å²) in [6.45, 7) is 9.14. The normalized spacial score (nSPS) is 25.5. The van der Waals surface area contributed by atoms with Crippen molar-refractivity contribution < 1.29 is 70.0 Å². The topological polar surface area (TPSA) is 307 Å². The van der Waals surface area contributed by atoms with Gasteiger partial charge >= 0.3 is 31.3 Å². The SMILES string of the molecule is CCN(CC)CC.NC1N=CNc2c1ncn2[C@H]1C[C@H](OP(=O)(O)O)[C@@H](COP(=O)(O)OP(=O)(O)OP(=O)(O)O)O1. The van der Waals surface area contributed by atoms with Gasteiger partial charge in [0.15, 0.2) is 0 Å². The minimum atomic E-state index is -5.76. The van der Waals surface area contributed by atoms with Gasteiger partial charge in [0.2, 0.25) is 0 Å². The van der Waals surface area contributed by atoms with E-state index in [4.69, 9.17) is 30.0 Å². The van der Waals surface area contributed by atoms with E-state index in [1.165, 1.54) is 36.9 Å². The molecule has 1 aromatic rings. The Morgan fingerprint density at radius 3 is 2.15 bits per heavy atom. The molecule has 25 heteroatoms. The summed E-state index contributed by atoms with van der Waals surface area (Å²) in [4.78, 5) is 64.6. The molecule has 3 rings (SSSR count). The van der Waals surface area contributed by atoms with E-state index >= 15 is 0 Å². The number of aliphatic imine (C=N–C) groups is 1. The summed E-state index contributed by atoms with van der Waals surface area (Å²) in [5, 5.41) is 2.78. The van der Waals surface area contributed by atoms with Crippen LogP contribution in [0, 0.1) is 0 Å². The standard InChI is InChI=1S/C10H19N5O15P4.C6H15N/c11-9-8-10(13-3-12-9)15(4-14-8)7-1-5(28-31(16,17)18)6(27-7)2-26-33(22,23)30-34(24,25)29-32(19,20)21;1-4-7(5-2)6-3/h3-7,9H,1-2,11H2,(H,12,13)(H,22,23)(H,24,25)(H2,16,17,18)(H2,19,20,21);4-6H2,1-3H3/t5-,6+,7+,9?;/m0./s1. The molecule has 0 amide bonds. The Kier molecular flexibility index (Phi) is 13.0. The van der Waals surface area contributed by atoms with Crippen molar-refractivity contribution in [2.75, 3.05) is 31.6 Å². The highest BCUT2D eigenvalue weighted by atomic mass is 31.3. The number of nitrogens with zero attached hydrogens (tertiary/aromatic N) is 4. The Labute approximate surface area is 234 Å². The van der Waals surface area contributed by atoms with Gasteiger partial charge in [-0.2, -0.15) is 8.62 Å². The van der Waals surface area contributed by atoms with Crippen LogP contribution in [0.3, 0.4) is 0 Å². The molecule has 1 aromatic heterocycles. The van der Waals surface area contributed by atoms with Gasteiger partial charge in [-0.25, -0.2) is 23.2 Å². The number of phosphoric acid groups is 4. The second kappa shape index (κ2) is 14.7. The van der Waals surface area contributed by atoms with Crippen molar-refractivity contribution in [1.29, 1.82) is 0 Å². The van der Waals surface area contributed by atoms with Gasteiger partial charge in [0.05, 0.1) is 19.3 Å². The first-order valence-corrected chi connectivity index (χ1v) is 17.8. The lowest BCUT2D eigenvalue weighted by molar-refractivity contribution is -0.0421. The summed E-state index contributed by atoms with van der Waals surface area (Å²) >= 11 is 0. The number of fused-ring (bicyclic) bond motifs is 1. The lowest BCUT2D eigenvalue weighted by atomic mass is 10.2. The summed E-state index contributed by atoms with van der Waals surface area (Å²) < 4.78 is 68.7. The van der Waals surface area contributed by atoms with E-state index in [2.05, 4.69) is 58.6 Å². The highest BCUT2D eigenvalue weighted by Crippen LogP contribution is 2.66. The van der Waals surface area contributed by atoms with E-state index in [-0.39, 0.29) is 6.42 Å². The van der Waals surface area contributed by atoms with Crippen molar-refractivity contribution >= 4 is 43.4 Å². The summed E-state index contributed by atoms with van der Waals surface area (Å²) in [5.41, 5.74) is 6.13. The van der Waals surface area contributed by atoms with Gasteiger partial charge in [-0.3, -0.25) is 18.6 Å². The molecule has 3 heterocycles. The van der Waals surface area contributed by atoms with Gasteiger partial charge in [-0.15, -0.1) is 0 Å². The molecule has 21 nitrogen and oxygen atoms in total. The molecular formula is C16H34N6O15P4. The fourth-order valence-corrected chi connectivity index (χ4v) is 7.26. The molecular weight excluding hydrogens is 640 g/mol. The fraction of sp³-hybridized carbons (Fsp3) is 0.750. The number of imidazole rings is 1. The molecule has 1 saturated heterocycles. The zero-order valence-electron chi connectivity index (χ0n) is 22.0. The van der Waals surface area contributed by atoms with Gasteiger partial charge in [0.1, 0.15) is 36.1 Å². The maximum absolute atomic E-state index is 11.9. The number of nitrogens with two attached hydrogens (primary N) is 1. The van der Waals surface area contributed by atoms with Crippen LogP contribution in [0.15, 0.2) is 11.3 Å². The maximum Gasteiger partial charge on any atom is 0.490 e. The molecule has 41 heavy (non-hydrogen) atoms. The number of rotatable bonds is 13. The number of hydrogen-bond acceptors (Lipinski definition) is 14. The molecule has 0 saturated carbocycles. The van der Waals surface area contributed by atoms with Gasteiger partial charge in [0, 0.05) is 6.42 Å². The van der Waals surface area contributed by atoms with E-state index in [0.717, 1.165) is 0 Å². The largest absolute Gasteiger partial charge is 0.490 e. The zero-order valence-corrected chi connectivity index (χ0v) is 25.6. The van der Waals surface area contributed by atoms with Gasteiger partial charge in [-0.05, 0) is 19.6 Å². The molecule has 238 valence electrons. The van der Waals surface area contributed by atoms with Crippen molar-refractivity contribution in [3.8, 4) is 0 Å². The van der Waals surface area contributed by atoms with Crippen LogP contribution in [0.25, 0.3) is 0 Å². The quantitative estimate of drug-likeness (QED) is 0.134.